The second-order valence-corrected chi connectivity index (χ2v) is 5.99. The highest BCUT2D eigenvalue weighted by Gasteiger charge is 2.17. The molecular weight excluding hydrogens is 284 g/mol. The maximum Gasteiger partial charge on any atom is 0.306 e. The Morgan fingerprint density at radius 2 is 1.64 bits per heavy atom. The fourth-order valence-corrected chi connectivity index (χ4v) is 1.94. The molecule has 0 saturated carbocycles. The normalized spacial score (nSPS) is 11.0. The predicted molar refractivity (Wildman–Crippen MR) is 83.3 cm³/mol. The molecule has 0 heterocycles. The van der Waals surface area contributed by atoms with E-state index in [0.717, 1.165) is 5.56 Å². The van der Waals surface area contributed by atoms with Crippen LogP contribution in [0.1, 0.15) is 39.2 Å². The molecule has 0 N–H and O–H groups in total. The van der Waals surface area contributed by atoms with E-state index >= 15 is 0 Å². The molecule has 1 aromatic carbocycles. The number of ether oxygens (including phenoxy) is 3. The summed E-state index contributed by atoms with van der Waals surface area (Å²) in [7, 11) is 3.11. The highest BCUT2D eigenvalue weighted by atomic mass is 16.6. The van der Waals surface area contributed by atoms with Crippen LogP contribution < -0.4 is 9.47 Å². The first-order chi connectivity index (χ1) is 10.2. The summed E-state index contributed by atoms with van der Waals surface area (Å²) >= 11 is 0. The van der Waals surface area contributed by atoms with Gasteiger partial charge in [-0.25, -0.2) is 0 Å². The zero-order valence-electron chi connectivity index (χ0n) is 13.9. The van der Waals surface area contributed by atoms with E-state index in [1.165, 1.54) is 0 Å². The Kier molecular flexibility index (Phi) is 6.40. The molecule has 5 heteroatoms. The lowest BCUT2D eigenvalue weighted by atomic mass is 10.0. The number of carbonyl (C=O) groups excluding carboxylic acids is 2. The van der Waals surface area contributed by atoms with Crippen molar-refractivity contribution in [2.75, 3.05) is 14.2 Å². The standard InChI is InChI=1S/C17H24O5/c1-17(2,3)22-16(19)9-7-13(18)10-12-6-8-14(20-4)15(11-12)21-5/h6,8,11H,7,9-10H2,1-5H3. The Morgan fingerprint density at radius 1 is 1.00 bits per heavy atom. The maximum absolute atomic E-state index is 12.0. The summed E-state index contributed by atoms with van der Waals surface area (Å²) in [5.74, 6) is 0.832. The number of hydrogen-bond donors (Lipinski definition) is 0. The van der Waals surface area contributed by atoms with Crippen molar-refractivity contribution in [1.82, 2.24) is 0 Å². The van der Waals surface area contributed by atoms with E-state index in [0.29, 0.717) is 11.5 Å². The van der Waals surface area contributed by atoms with Gasteiger partial charge in [-0.1, -0.05) is 6.07 Å². The lowest BCUT2D eigenvalue weighted by molar-refractivity contribution is -0.155. The molecule has 0 aromatic heterocycles. The van der Waals surface area contributed by atoms with Crippen molar-refractivity contribution in [3.8, 4) is 11.5 Å². The molecule has 0 aliphatic heterocycles. The molecule has 1 aromatic rings. The fraction of sp³-hybridized carbons (Fsp3) is 0.529. The number of benzene rings is 1. The molecule has 1 rings (SSSR count). The number of ketones is 1. The maximum atomic E-state index is 12.0. The van der Waals surface area contributed by atoms with E-state index < -0.39 is 5.60 Å². The first kappa shape index (κ1) is 18.0. The summed E-state index contributed by atoms with van der Waals surface area (Å²) in [6.45, 7) is 5.41. The quantitative estimate of drug-likeness (QED) is 0.725. The fourth-order valence-electron chi connectivity index (χ4n) is 1.94. The van der Waals surface area contributed by atoms with E-state index in [9.17, 15) is 9.59 Å². The third-order valence-corrected chi connectivity index (χ3v) is 2.88. The van der Waals surface area contributed by atoms with Gasteiger partial charge in [0.2, 0.25) is 0 Å². The molecule has 122 valence electrons. The Morgan fingerprint density at radius 3 is 2.18 bits per heavy atom. The van der Waals surface area contributed by atoms with Crippen molar-refractivity contribution in [2.45, 2.75) is 45.6 Å². The molecular formula is C17H24O5. The van der Waals surface area contributed by atoms with Crippen molar-refractivity contribution in [2.24, 2.45) is 0 Å². The average Bonchev–Trinajstić information content (AvgIpc) is 2.43. The van der Waals surface area contributed by atoms with E-state index in [1.54, 1.807) is 47.1 Å². The van der Waals surface area contributed by atoms with Crippen molar-refractivity contribution < 1.29 is 23.8 Å². The zero-order chi connectivity index (χ0) is 16.8. The lowest BCUT2D eigenvalue weighted by Crippen LogP contribution is -2.24. The smallest absolute Gasteiger partial charge is 0.306 e. The molecule has 0 fully saturated rings. The van der Waals surface area contributed by atoms with Crippen LogP contribution in [-0.2, 0) is 20.7 Å². The van der Waals surface area contributed by atoms with Gasteiger partial charge in [-0.05, 0) is 38.5 Å². The lowest BCUT2D eigenvalue weighted by Gasteiger charge is -2.19. The van der Waals surface area contributed by atoms with Crippen LogP contribution in [0.3, 0.4) is 0 Å². The average molecular weight is 308 g/mol. The van der Waals surface area contributed by atoms with Crippen LogP contribution in [0.5, 0.6) is 11.5 Å². The van der Waals surface area contributed by atoms with Crippen LogP contribution in [0.4, 0.5) is 0 Å². The van der Waals surface area contributed by atoms with Crippen molar-refractivity contribution in [3.63, 3.8) is 0 Å². The molecule has 0 saturated heterocycles. The Bertz CT molecular complexity index is 528. The SMILES string of the molecule is COc1ccc(CC(=O)CCC(=O)OC(C)(C)C)cc1OC. The van der Waals surface area contributed by atoms with Crippen molar-refractivity contribution in [3.05, 3.63) is 23.8 Å². The summed E-state index contributed by atoms with van der Waals surface area (Å²) in [6, 6.07) is 5.34. The van der Waals surface area contributed by atoms with Gasteiger partial charge in [-0.2, -0.15) is 0 Å². The molecule has 5 nitrogen and oxygen atoms in total. The van der Waals surface area contributed by atoms with Gasteiger partial charge in [0.15, 0.2) is 11.5 Å². The van der Waals surface area contributed by atoms with E-state index in [-0.39, 0.29) is 31.0 Å². The number of methoxy groups -OCH3 is 2. The van der Waals surface area contributed by atoms with Gasteiger partial charge in [0.25, 0.3) is 0 Å². The van der Waals surface area contributed by atoms with Crippen molar-refractivity contribution in [1.29, 1.82) is 0 Å². The third kappa shape index (κ3) is 6.16. The molecule has 0 radical (unpaired) electrons. The molecule has 0 bridgehead atoms. The van der Waals surface area contributed by atoms with E-state index in [4.69, 9.17) is 14.2 Å². The molecule has 0 unspecified atom stereocenters. The largest absolute Gasteiger partial charge is 0.493 e. The van der Waals surface area contributed by atoms with Gasteiger partial charge in [-0.15, -0.1) is 0 Å². The van der Waals surface area contributed by atoms with E-state index in [1.807, 2.05) is 6.07 Å². The van der Waals surface area contributed by atoms with Gasteiger partial charge in [-0.3, -0.25) is 9.59 Å². The number of Topliss-reactive ketones (excluding diaryl/α,β-unsaturated/α-hetero) is 1. The van der Waals surface area contributed by atoms with Crippen molar-refractivity contribution >= 4 is 11.8 Å². The van der Waals surface area contributed by atoms with Gasteiger partial charge in [0, 0.05) is 12.8 Å². The van der Waals surface area contributed by atoms with Gasteiger partial charge in [0.1, 0.15) is 11.4 Å². The minimum Gasteiger partial charge on any atom is -0.493 e. The van der Waals surface area contributed by atoms with Crippen LogP contribution in [-0.4, -0.2) is 31.6 Å². The van der Waals surface area contributed by atoms with E-state index in [2.05, 4.69) is 0 Å². The van der Waals surface area contributed by atoms with Crippen LogP contribution in [0.25, 0.3) is 0 Å². The number of rotatable bonds is 7. The highest BCUT2D eigenvalue weighted by Crippen LogP contribution is 2.27. The molecule has 0 aliphatic carbocycles. The number of esters is 1. The summed E-state index contributed by atoms with van der Waals surface area (Å²) in [5.41, 5.74) is 0.301. The number of hydrogen-bond acceptors (Lipinski definition) is 5. The first-order valence-electron chi connectivity index (χ1n) is 7.19. The summed E-state index contributed by atoms with van der Waals surface area (Å²) in [4.78, 5) is 23.5. The van der Waals surface area contributed by atoms with Gasteiger partial charge >= 0.3 is 5.97 Å². The van der Waals surface area contributed by atoms with Crippen LogP contribution in [0, 0.1) is 0 Å². The summed E-state index contributed by atoms with van der Waals surface area (Å²) in [5, 5.41) is 0. The van der Waals surface area contributed by atoms with Gasteiger partial charge in [0.05, 0.1) is 20.6 Å². The Balaban J connectivity index is 2.53. The monoisotopic (exact) mass is 308 g/mol. The van der Waals surface area contributed by atoms with Crippen LogP contribution in [0.15, 0.2) is 18.2 Å². The zero-order valence-corrected chi connectivity index (χ0v) is 13.9. The molecule has 0 spiro atoms. The molecule has 0 aliphatic rings. The third-order valence-electron chi connectivity index (χ3n) is 2.88. The Labute approximate surface area is 131 Å². The highest BCUT2D eigenvalue weighted by molar-refractivity contribution is 5.84. The van der Waals surface area contributed by atoms with Crippen LogP contribution in [0.2, 0.25) is 0 Å². The summed E-state index contributed by atoms with van der Waals surface area (Å²) < 4.78 is 15.5. The second-order valence-electron chi connectivity index (χ2n) is 5.99. The molecule has 0 atom stereocenters. The molecule has 0 amide bonds. The summed E-state index contributed by atoms with van der Waals surface area (Å²) in [6.07, 6.45) is 0.524. The predicted octanol–water partition coefficient (Wildman–Crippen LogP) is 2.94. The second kappa shape index (κ2) is 7.82. The minimum atomic E-state index is -0.524. The number of carbonyl (C=O) groups is 2. The van der Waals surface area contributed by atoms with Gasteiger partial charge < -0.3 is 14.2 Å². The first-order valence-corrected chi connectivity index (χ1v) is 7.19. The Hall–Kier alpha value is -2.04. The minimum absolute atomic E-state index is 0.0157. The topological polar surface area (TPSA) is 61.8 Å². The molecule has 22 heavy (non-hydrogen) atoms. The van der Waals surface area contributed by atoms with Crippen LogP contribution >= 0.6 is 0 Å².